The molecule has 0 amide bonds. The number of anilines is 1. The highest BCUT2D eigenvalue weighted by Gasteiger charge is 2.33. The molecule has 0 spiro atoms. The highest BCUT2D eigenvalue weighted by atomic mass is 32.2. The van der Waals surface area contributed by atoms with Gasteiger partial charge in [-0.3, -0.25) is 4.31 Å². The summed E-state index contributed by atoms with van der Waals surface area (Å²) in [7, 11) is -3.52. The molecule has 3 rings (SSSR count). The second-order valence-corrected chi connectivity index (χ2v) is 7.63. The van der Waals surface area contributed by atoms with Crippen molar-refractivity contribution in [2.45, 2.75) is 44.0 Å². The third-order valence-electron chi connectivity index (χ3n) is 4.35. The number of sulfonamides is 1. The lowest BCUT2D eigenvalue weighted by Gasteiger charge is -2.36. The molecule has 0 saturated carbocycles. The zero-order valence-electron chi connectivity index (χ0n) is 13.0. The summed E-state index contributed by atoms with van der Waals surface area (Å²) in [5, 5.41) is 0. The van der Waals surface area contributed by atoms with Crippen molar-refractivity contribution in [3.63, 3.8) is 0 Å². The van der Waals surface area contributed by atoms with E-state index in [0.29, 0.717) is 4.90 Å². The summed E-state index contributed by atoms with van der Waals surface area (Å²) in [4.78, 5) is 0.369. The zero-order chi connectivity index (χ0) is 15.7. The molecule has 1 atom stereocenters. The first kappa shape index (κ1) is 15.1. The SMILES string of the molecule is CCc1ccc(S(=O)(=O)N2c3ccccc3CCC2C)cc1. The number of para-hydroxylation sites is 1. The Bertz CT molecular complexity index is 766. The molecule has 0 aromatic heterocycles. The van der Waals surface area contributed by atoms with E-state index in [1.165, 1.54) is 0 Å². The topological polar surface area (TPSA) is 37.4 Å². The van der Waals surface area contributed by atoms with Gasteiger partial charge in [-0.1, -0.05) is 37.3 Å². The van der Waals surface area contributed by atoms with Crippen molar-refractivity contribution in [1.29, 1.82) is 0 Å². The highest BCUT2D eigenvalue weighted by Crippen LogP contribution is 2.35. The van der Waals surface area contributed by atoms with Gasteiger partial charge in [0, 0.05) is 6.04 Å². The number of hydrogen-bond acceptors (Lipinski definition) is 2. The fourth-order valence-electron chi connectivity index (χ4n) is 3.03. The summed E-state index contributed by atoms with van der Waals surface area (Å²) in [6.07, 6.45) is 2.69. The zero-order valence-corrected chi connectivity index (χ0v) is 13.8. The molecule has 1 aliphatic rings. The van der Waals surface area contributed by atoms with Gasteiger partial charge in [-0.25, -0.2) is 8.42 Å². The van der Waals surface area contributed by atoms with Crippen LogP contribution in [-0.2, 0) is 22.9 Å². The molecule has 1 unspecified atom stereocenters. The van der Waals surface area contributed by atoms with E-state index in [1.54, 1.807) is 16.4 Å². The van der Waals surface area contributed by atoms with Gasteiger partial charge in [0.15, 0.2) is 0 Å². The van der Waals surface area contributed by atoms with Crippen LogP contribution < -0.4 is 4.31 Å². The predicted octanol–water partition coefficient (Wildman–Crippen LogP) is 3.78. The maximum absolute atomic E-state index is 13.1. The average Bonchev–Trinajstić information content (AvgIpc) is 2.54. The molecule has 0 bridgehead atoms. The van der Waals surface area contributed by atoms with Crippen LogP contribution >= 0.6 is 0 Å². The summed E-state index contributed by atoms with van der Waals surface area (Å²) in [6.45, 7) is 4.04. The fraction of sp³-hybridized carbons (Fsp3) is 0.333. The minimum atomic E-state index is -3.52. The van der Waals surface area contributed by atoms with Crippen LogP contribution in [0.3, 0.4) is 0 Å². The molecule has 1 aliphatic heterocycles. The van der Waals surface area contributed by atoms with E-state index in [9.17, 15) is 8.42 Å². The molecule has 2 aromatic carbocycles. The van der Waals surface area contributed by atoms with Gasteiger partial charge in [-0.05, 0) is 55.5 Å². The number of rotatable bonds is 3. The maximum Gasteiger partial charge on any atom is 0.264 e. The van der Waals surface area contributed by atoms with Gasteiger partial charge in [0.2, 0.25) is 0 Å². The summed E-state index contributed by atoms with van der Waals surface area (Å²) in [5.74, 6) is 0. The normalized spacial score (nSPS) is 18.1. The Balaban J connectivity index is 2.07. The first-order valence-electron chi connectivity index (χ1n) is 7.75. The molecular weight excluding hydrogens is 294 g/mol. The number of hydrogen-bond donors (Lipinski definition) is 0. The van der Waals surface area contributed by atoms with E-state index in [1.807, 2.05) is 43.3 Å². The maximum atomic E-state index is 13.1. The standard InChI is InChI=1S/C18H21NO2S/c1-3-15-9-12-17(13-10-15)22(20,21)19-14(2)8-11-16-6-4-5-7-18(16)19/h4-7,9-10,12-14H,3,8,11H2,1-2H3. The van der Waals surface area contributed by atoms with Crippen LogP contribution in [0.15, 0.2) is 53.4 Å². The quantitative estimate of drug-likeness (QED) is 0.864. The van der Waals surface area contributed by atoms with E-state index in [2.05, 4.69) is 6.92 Å². The van der Waals surface area contributed by atoms with Gasteiger partial charge in [0.1, 0.15) is 0 Å². The van der Waals surface area contributed by atoms with E-state index >= 15 is 0 Å². The Morgan fingerprint density at radius 3 is 2.45 bits per heavy atom. The monoisotopic (exact) mass is 315 g/mol. The third kappa shape index (κ3) is 2.52. The molecule has 0 aliphatic carbocycles. The van der Waals surface area contributed by atoms with E-state index < -0.39 is 10.0 Å². The lowest BCUT2D eigenvalue weighted by atomic mass is 9.99. The molecule has 0 fully saturated rings. The smallest absolute Gasteiger partial charge is 0.263 e. The van der Waals surface area contributed by atoms with Crippen LogP contribution in [0, 0.1) is 0 Å². The number of aryl methyl sites for hydroxylation is 2. The summed E-state index contributed by atoms with van der Waals surface area (Å²) >= 11 is 0. The average molecular weight is 315 g/mol. The van der Waals surface area contributed by atoms with Crippen molar-refractivity contribution in [2.24, 2.45) is 0 Å². The largest absolute Gasteiger partial charge is 0.264 e. The minimum Gasteiger partial charge on any atom is -0.263 e. The van der Waals surface area contributed by atoms with Crippen molar-refractivity contribution >= 4 is 15.7 Å². The van der Waals surface area contributed by atoms with Gasteiger partial charge in [-0.2, -0.15) is 0 Å². The van der Waals surface area contributed by atoms with Gasteiger partial charge in [0.25, 0.3) is 10.0 Å². The van der Waals surface area contributed by atoms with Gasteiger partial charge in [0.05, 0.1) is 10.6 Å². The number of fused-ring (bicyclic) bond motifs is 1. The minimum absolute atomic E-state index is 0.0225. The van der Waals surface area contributed by atoms with Crippen LogP contribution in [0.1, 0.15) is 31.4 Å². The van der Waals surface area contributed by atoms with Crippen molar-refractivity contribution in [1.82, 2.24) is 0 Å². The second-order valence-electron chi connectivity index (χ2n) is 5.81. The Morgan fingerprint density at radius 2 is 1.77 bits per heavy atom. The Hall–Kier alpha value is -1.81. The highest BCUT2D eigenvalue weighted by molar-refractivity contribution is 7.92. The summed E-state index contributed by atoms with van der Waals surface area (Å²) < 4.78 is 27.8. The first-order valence-corrected chi connectivity index (χ1v) is 9.19. The van der Waals surface area contributed by atoms with Crippen molar-refractivity contribution in [2.75, 3.05) is 4.31 Å². The van der Waals surface area contributed by atoms with E-state index in [-0.39, 0.29) is 6.04 Å². The van der Waals surface area contributed by atoms with Crippen LogP contribution in [-0.4, -0.2) is 14.5 Å². The predicted molar refractivity (Wildman–Crippen MR) is 89.7 cm³/mol. The summed E-state index contributed by atoms with van der Waals surface area (Å²) in [5.41, 5.74) is 3.07. The van der Waals surface area contributed by atoms with Crippen LogP contribution in [0.25, 0.3) is 0 Å². The van der Waals surface area contributed by atoms with Crippen molar-refractivity contribution in [3.8, 4) is 0 Å². The third-order valence-corrected chi connectivity index (χ3v) is 6.29. The molecule has 116 valence electrons. The molecule has 22 heavy (non-hydrogen) atoms. The Labute approximate surface area is 132 Å². The van der Waals surface area contributed by atoms with Crippen LogP contribution in [0.2, 0.25) is 0 Å². The molecule has 3 nitrogen and oxygen atoms in total. The van der Waals surface area contributed by atoms with E-state index in [0.717, 1.165) is 36.1 Å². The van der Waals surface area contributed by atoms with E-state index in [4.69, 9.17) is 0 Å². The fourth-order valence-corrected chi connectivity index (χ4v) is 4.76. The van der Waals surface area contributed by atoms with Gasteiger partial charge < -0.3 is 0 Å². The number of nitrogens with zero attached hydrogens (tertiary/aromatic N) is 1. The molecule has 0 radical (unpaired) electrons. The first-order chi connectivity index (χ1) is 10.5. The van der Waals surface area contributed by atoms with Gasteiger partial charge >= 0.3 is 0 Å². The molecule has 2 aromatic rings. The van der Waals surface area contributed by atoms with Gasteiger partial charge in [-0.15, -0.1) is 0 Å². The lowest BCUT2D eigenvalue weighted by molar-refractivity contribution is 0.563. The molecule has 4 heteroatoms. The molecular formula is C18H21NO2S. The molecule has 1 heterocycles. The second kappa shape index (κ2) is 5.76. The van der Waals surface area contributed by atoms with Crippen LogP contribution in [0.4, 0.5) is 5.69 Å². The van der Waals surface area contributed by atoms with Crippen LogP contribution in [0.5, 0.6) is 0 Å². The molecule has 0 saturated heterocycles. The Kier molecular flexibility index (Phi) is 3.96. The van der Waals surface area contributed by atoms with Crippen molar-refractivity contribution < 1.29 is 8.42 Å². The lowest BCUT2D eigenvalue weighted by Crippen LogP contribution is -2.42. The summed E-state index contributed by atoms with van der Waals surface area (Å²) in [6, 6.07) is 15.0. The number of benzene rings is 2. The van der Waals surface area contributed by atoms with Crippen molar-refractivity contribution in [3.05, 3.63) is 59.7 Å². The molecule has 0 N–H and O–H groups in total. The Morgan fingerprint density at radius 1 is 1.09 bits per heavy atom.